The van der Waals surface area contributed by atoms with Gasteiger partial charge in [0.15, 0.2) is 0 Å². The van der Waals surface area contributed by atoms with Crippen LogP contribution in [0.3, 0.4) is 0 Å². The fraction of sp³-hybridized carbons (Fsp3) is 0.500. The van der Waals surface area contributed by atoms with E-state index in [9.17, 15) is 9.59 Å². The molecule has 2 rings (SSSR count). The largest absolute Gasteiger partial charge is 0.481 e. The van der Waals surface area contributed by atoms with Gasteiger partial charge in [-0.2, -0.15) is 0 Å². The van der Waals surface area contributed by atoms with Crippen LogP contribution in [0.2, 0.25) is 0 Å². The van der Waals surface area contributed by atoms with E-state index in [1.54, 1.807) is 4.90 Å². The summed E-state index contributed by atoms with van der Waals surface area (Å²) in [6.07, 6.45) is 1.28. The molecule has 0 bridgehead atoms. The summed E-state index contributed by atoms with van der Waals surface area (Å²) in [5, 5.41) is 8.81. The molecule has 1 aliphatic rings. The Bertz CT molecular complexity index is 459. The molecule has 1 aromatic heterocycles. The molecule has 1 saturated heterocycles. The first-order valence-electron chi connectivity index (χ1n) is 5.28. The highest BCUT2D eigenvalue weighted by atomic mass is 16.5. The number of H-pyrrole nitrogens is 1. The van der Waals surface area contributed by atoms with Gasteiger partial charge in [-0.25, -0.2) is 4.98 Å². The lowest BCUT2D eigenvalue weighted by atomic mass is 10.1. The number of aromatic amines is 1. The molecule has 1 atom stereocenters. The molecular formula is C10H13N3O4. The average molecular weight is 239 g/mol. The van der Waals surface area contributed by atoms with Crippen molar-refractivity contribution in [1.82, 2.24) is 9.97 Å². The predicted molar refractivity (Wildman–Crippen MR) is 59.1 cm³/mol. The number of hydrogen-bond donors (Lipinski definition) is 2. The summed E-state index contributed by atoms with van der Waals surface area (Å²) in [4.78, 5) is 30.2. The third kappa shape index (κ3) is 2.82. The van der Waals surface area contributed by atoms with Crippen LogP contribution in [0, 0.1) is 0 Å². The third-order valence-corrected chi connectivity index (χ3v) is 2.60. The van der Waals surface area contributed by atoms with Gasteiger partial charge in [-0.15, -0.1) is 0 Å². The number of carboxylic acids is 1. The van der Waals surface area contributed by atoms with E-state index in [2.05, 4.69) is 9.97 Å². The fourth-order valence-corrected chi connectivity index (χ4v) is 1.84. The number of carbonyl (C=O) groups is 1. The van der Waals surface area contributed by atoms with Gasteiger partial charge in [0.05, 0.1) is 32.0 Å². The van der Waals surface area contributed by atoms with Crippen molar-refractivity contribution in [3.8, 4) is 0 Å². The third-order valence-electron chi connectivity index (χ3n) is 2.60. The first-order valence-corrected chi connectivity index (χ1v) is 5.28. The smallest absolute Gasteiger partial charge is 0.305 e. The van der Waals surface area contributed by atoms with E-state index in [0.717, 1.165) is 0 Å². The number of nitrogens with zero attached hydrogens (tertiary/aromatic N) is 2. The van der Waals surface area contributed by atoms with Gasteiger partial charge in [0.25, 0.3) is 5.56 Å². The molecule has 1 aromatic rings. The number of ether oxygens (including phenoxy) is 1. The Hall–Kier alpha value is -1.89. The molecule has 0 aliphatic carbocycles. The maximum atomic E-state index is 11.2. The minimum absolute atomic E-state index is 0.0333. The zero-order chi connectivity index (χ0) is 12.3. The molecule has 1 aliphatic heterocycles. The van der Waals surface area contributed by atoms with E-state index in [0.29, 0.717) is 25.6 Å². The van der Waals surface area contributed by atoms with Crippen molar-refractivity contribution >= 4 is 11.8 Å². The Morgan fingerprint density at radius 1 is 1.71 bits per heavy atom. The first-order chi connectivity index (χ1) is 8.16. The van der Waals surface area contributed by atoms with Crippen LogP contribution < -0.4 is 10.5 Å². The summed E-state index contributed by atoms with van der Waals surface area (Å²) < 4.78 is 5.25. The summed E-state index contributed by atoms with van der Waals surface area (Å²) in [7, 11) is 0. The summed E-state index contributed by atoms with van der Waals surface area (Å²) in [5.74, 6) is -0.404. The van der Waals surface area contributed by atoms with E-state index in [1.165, 1.54) is 12.4 Å². The van der Waals surface area contributed by atoms with E-state index < -0.39 is 5.97 Å². The molecule has 0 aromatic carbocycles. The van der Waals surface area contributed by atoms with E-state index in [4.69, 9.17) is 9.84 Å². The minimum atomic E-state index is -0.893. The van der Waals surface area contributed by atoms with Crippen molar-refractivity contribution in [3.05, 3.63) is 22.7 Å². The molecule has 0 radical (unpaired) electrons. The summed E-state index contributed by atoms with van der Waals surface area (Å²) >= 11 is 0. The molecule has 7 heteroatoms. The van der Waals surface area contributed by atoms with Gasteiger partial charge >= 0.3 is 5.97 Å². The Labute approximate surface area is 97.0 Å². The summed E-state index contributed by atoms with van der Waals surface area (Å²) in [5.41, 5.74) is -0.254. The Morgan fingerprint density at radius 3 is 3.24 bits per heavy atom. The number of hydrogen-bond acceptors (Lipinski definition) is 5. The monoisotopic (exact) mass is 239 g/mol. The number of aromatic nitrogens is 2. The van der Waals surface area contributed by atoms with Gasteiger partial charge in [-0.05, 0) is 0 Å². The zero-order valence-electron chi connectivity index (χ0n) is 9.13. The molecule has 1 fully saturated rings. The van der Waals surface area contributed by atoms with Crippen molar-refractivity contribution in [2.45, 2.75) is 12.5 Å². The standard InChI is InChI=1S/C10H13N3O4/c14-9-4-8(11-6-12-9)13-1-2-17-5-7(13)3-10(15)16/h4,6-7H,1-3,5H2,(H,15,16)(H,11,12,14). The predicted octanol–water partition coefficient (Wildman–Crippen LogP) is -0.550. The quantitative estimate of drug-likeness (QED) is 0.734. The highest BCUT2D eigenvalue weighted by Gasteiger charge is 2.26. The lowest BCUT2D eigenvalue weighted by Crippen LogP contribution is -2.47. The number of aliphatic carboxylic acids is 1. The van der Waals surface area contributed by atoms with Crippen LogP contribution in [0.1, 0.15) is 6.42 Å². The molecule has 0 saturated carbocycles. The van der Waals surface area contributed by atoms with Crippen molar-refractivity contribution in [3.63, 3.8) is 0 Å². The van der Waals surface area contributed by atoms with E-state index in [1.807, 2.05) is 0 Å². The summed E-state index contributed by atoms with van der Waals surface area (Å²) in [6, 6.07) is 1.08. The van der Waals surface area contributed by atoms with Gasteiger partial charge in [-0.3, -0.25) is 9.59 Å². The van der Waals surface area contributed by atoms with Gasteiger partial charge in [-0.1, -0.05) is 0 Å². The second kappa shape index (κ2) is 4.96. The minimum Gasteiger partial charge on any atom is -0.481 e. The number of carboxylic acid groups (broad SMARTS) is 1. The molecule has 0 amide bonds. The first kappa shape index (κ1) is 11.6. The van der Waals surface area contributed by atoms with Crippen molar-refractivity contribution in [2.75, 3.05) is 24.7 Å². The Morgan fingerprint density at radius 2 is 2.53 bits per heavy atom. The second-order valence-corrected chi connectivity index (χ2v) is 3.79. The van der Waals surface area contributed by atoms with Gasteiger partial charge in [0, 0.05) is 12.6 Å². The zero-order valence-corrected chi connectivity index (χ0v) is 9.13. The van der Waals surface area contributed by atoms with Crippen LogP contribution in [0.5, 0.6) is 0 Å². The SMILES string of the molecule is O=C(O)CC1COCCN1c1cc(=O)[nH]cn1. The van der Waals surface area contributed by atoms with Crippen LogP contribution in [-0.4, -0.2) is 46.8 Å². The highest BCUT2D eigenvalue weighted by molar-refractivity contribution is 5.68. The molecule has 7 nitrogen and oxygen atoms in total. The number of nitrogens with one attached hydrogen (secondary N) is 1. The molecule has 1 unspecified atom stereocenters. The van der Waals surface area contributed by atoms with Gasteiger partial charge in [0.2, 0.25) is 0 Å². The van der Waals surface area contributed by atoms with Gasteiger partial charge < -0.3 is 19.7 Å². The molecular weight excluding hydrogens is 226 g/mol. The number of anilines is 1. The van der Waals surface area contributed by atoms with Crippen LogP contribution in [-0.2, 0) is 9.53 Å². The maximum Gasteiger partial charge on any atom is 0.305 e. The van der Waals surface area contributed by atoms with Crippen LogP contribution in [0.25, 0.3) is 0 Å². The molecule has 92 valence electrons. The molecule has 0 spiro atoms. The lowest BCUT2D eigenvalue weighted by molar-refractivity contribution is -0.138. The van der Waals surface area contributed by atoms with E-state index >= 15 is 0 Å². The lowest BCUT2D eigenvalue weighted by Gasteiger charge is -2.35. The van der Waals surface area contributed by atoms with Gasteiger partial charge in [0.1, 0.15) is 5.82 Å². The molecule has 17 heavy (non-hydrogen) atoms. The maximum absolute atomic E-state index is 11.2. The van der Waals surface area contributed by atoms with Crippen LogP contribution >= 0.6 is 0 Å². The number of rotatable bonds is 3. The van der Waals surface area contributed by atoms with Crippen molar-refractivity contribution < 1.29 is 14.6 Å². The summed E-state index contributed by atoms with van der Waals surface area (Å²) in [6.45, 7) is 1.37. The van der Waals surface area contributed by atoms with E-state index in [-0.39, 0.29) is 18.0 Å². The molecule has 2 heterocycles. The van der Waals surface area contributed by atoms with Crippen molar-refractivity contribution in [2.24, 2.45) is 0 Å². The second-order valence-electron chi connectivity index (χ2n) is 3.79. The highest BCUT2D eigenvalue weighted by Crippen LogP contribution is 2.17. The van der Waals surface area contributed by atoms with Crippen molar-refractivity contribution in [1.29, 1.82) is 0 Å². The topological polar surface area (TPSA) is 95.5 Å². The Kier molecular flexibility index (Phi) is 3.38. The number of morpholine rings is 1. The normalized spacial score (nSPS) is 20.2. The van der Waals surface area contributed by atoms with Crippen LogP contribution in [0.15, 0.2) is 17.2 Å². The fourth-order valence-electron chi connectivity index (χ4n) is 1.84. The average Bonchev–Trinajstić information content (AvgIpc) is 2.29. The Balaban J connectivity index is 2.21. The molecule has 2 N–H and O–H groups in total. The van der Waals surface area contributed by atoms with Crippen LogP contribution in [0.4, 0.5) is 5.82 Å².